The molecule has 0 atom stereocenters. The molecule has 4 nitrogen and oxygen atoms in total. The average molecular weight is 211 g/mol. The Balaban J connectivity index is 2.15. The molecule has 0 saturated carbocycles. The largest absolute Gasteiger partial charge is 0.380 e. The van der Waals surface area contributed by atoms with Gasteiger partial charge in [0, 0.05) is 25.9 Å². The molecule has 0 amide bonds. The lowest BCUT2D eigenvalue weighted by Crippen LogP contribution is -2.11. The van der Waals surface area contributed by atoms with Gasteiger partial charge in [0.2, 0.25) is 0 Å². The van der Waals surface area contributed by atoms with Crippen LogP contribution >= 0.6 is 0 Å². The molecule has 0 unspecified atom stereocenters. The Morgan fingerprint density at radius 1 is 1.47 bits per heavy atom. The lowest BCUT2D eigenvalue weighted by Gasteiger charge is -2.08. The third kappa shape index (κ3) is 4.44. The minimum Gasteiger partial charge on any atom is -0.380 e. The van der Waals surface area contributed by atoms with E-state index < -0.39 is 0 Å². The van der Waals surface area contributed by atoms with Gasteiger partial charge in [-0.25, -0.2) is 4.98 Å². The highest BCUT2D eigenvalue weighted by Crippen LogP contribution is 2.00. The van der Waals surface area contributed by atoms with Crippen molar-refractivity contribution in [3.05, 3.63) is 18.2 Å². The molecule has 0 aliphatic rings. The summed E-state index contributed by atoms with van der Waals surface area (Å²) in [6.07, 6.45) is 4.72. The first-order valence-corrected chi connectivity index (χ1v) is 5.51. The van der Waals surface area contributed by atoms with E-state index in [-0.39, 0.29) is 0 Å². The normalized spacial score (nSPS) is 11.2. The van der Waals surface area contributed by atoms with Crippen LogP contribution in [-0.2, 0) is 17.8 Å². The summed E-state index contributed by atoms with van der Waals surface area (Å²) < 4.78 is 7.56. The van der Waals surface area contributed by atoms with Crippen molar-refractivity contribution in [2.24, 2.45) is 11.7 Å². The van der Waals surface area contributed by atoms with Gasteiger partial charge in [-0.3, -0.25) is 0 Å². The predicted molar refractivity (Wildman–Crippen MR) is 60.4 cm³/mol. The lowest BCUT2D eigenvalue weighted by molar-refractivity contribution is 0.116. The number of imidazole rings is 1. The van der Waals surface area contributed by atoms with E-state index >= 15 is 0 Å². The van der Waals surface area contributed by atoms with Gasteiger partial charge in [-0.2, -0.15) is 0 Å². The molecule has 86 valence electrons. The number of ether oxygens (including phenoxy) is 1. The van der Waals surface area contributed by atoms with Crippen molar-refractivity contribution in [1.82, 2.24) is 9.55 Å². The third-order valence-corrected chi connectivity index (χ3v) is 2.32. The van der Waals surface area contributed by atoms with Crippen LogP contribution in [0.15, 0.2) is 12.5 Å². The summed E-state index contributed by atoms with van der Waals surface area (Å²) in [6, 6.07) is 0. The molecule has 1 aromatic rings. The Hall–Kier alpha value is -0.870. The average Bonchev–Trinajstić information content (AvgIpc) is 2.64. The summed E-state index contributed by atoms with van der Waals surface area (Å²) in [4.78, 5) is 4.05. The molecule has 4 heteroatoms. The third-order valence-electron chi connectivity index (χ3n) is 2.32. The molecule has 0 aliphatic heterocycles. The lowest BCUT2D eigenvalue weighted by atomic mass is 10.1. The smallest absolute Gasteiger partial charge is 0.0949 e. The molecule has 0 radical (unpaired) electrons. The van der Waals surface area contributed by atoms with Gasteiger partial charge in [0.1, 0.15) is 0 Å². The Morgan fingerprint density at radius 2 is 2.27 bits per heavy atom. The molecule has 0 spiro atoms. The van der Waals surface area contributed by atoms with E-state index in [1.165, 1.54) is 0 Å². The van der Waals surface area contributed by atoms with E-state index in [0.29, 0.717) is 12.5 Å². The van der Waals surface area contributed by atoms with Crippen LogP contribution in [0.5, 0.6) is 0 Å². The second kappa shape index (κ2) is 6.58. The Kier molecular flexibility index (Phi) is 5.36. The van der Waals surface area contributed by atoms with Gasteiger partial charge >= 0.3 is 0 Å². The topological polar surface area (TPSA) is 53.1 Å². The van der Waals surface area contributed by atoms with Crippen molar-refractivity contribution in [3.63, 3.8) is 0 Å². The molecule has 15 heavy (non-hydrogen) atoms. The second-order valence-electron chi connectivity index (χ2n) is 4.08. The minimum atomic E-state index is 0.534. The quantitative estimate of drug-likeness (QED) is 0.694. The van der Waals surface area contributed by atoms with Crippen molar-refractivity contribution >= 4 is 0 Å². The van der Waals surface area contributed by atoms with Crippen molar-refractivity contribution < 1.29 is 4.74 Å². The zero-order valence-electron chi connectivity index (χ0n) is 9.65. The molecule has 2 N–H and O–H groups in total. The van der Waals surface area contributed by atoms with Crippen LogP contribution in [0, 0.1) is 5.92 Å². The molecular weight excluding hydrogens is 190 g/mol. The summed E-state index contributed by atoms with van der Waals surface area (Å²) in [6.45, 7) is 7.34. The van der Waals surface area contributed by atoms with E-state index in [1.807, 2.05) is 4.57 Å². The van der Waals surface area contributed by atoms with Gasteiger partial charge in [-0.15, -0.1) is 0 Å². The number of nitrogens with zero attached hydrogens (tertiary/aromatic N) is 2. The standard InChI is InChI=1S/C11H21N3O/c1-10(2)3-5-15-6-4-14-9-13-8-11(14)7-12/h8-10H,3-7,12H2,1-2H3. The highest BCUT2D eigenvalue weighted by atomic mass is 16.5. The van der Waals surface area contributed by atoms with E-state index in [2.05, 4.69) is 18.8 Å². The maximum Gasteiger partial charge on any atom is 0.0949 e. The van der Waals surface area contributed by atoms with Crippen molar-refractivity contribution in [1.29, 1.82) is 0 Å². The zero-order chi connectivity index (χ0) is 11.1. The number of nitrogens with two attached hydrogens (primary N) is 1. The van der Waals surface area contributed by atoms with Gasteiger partial charge in [-0.1, -0.05) is 13.8 Å². The fourth-order valence-electron chi connectivity index (χ4n) is 1.30. The Morgan fingerprint density at radius 3 is 2.93 bits per heavy atom. The fraction of sp³-hybridized carbons (Fsp3) is 0.727. The van der Waals surface area contributed by atoms with Gasteiger partial charge in [0.25, 0.3) is 0 Å². The Bertz CT molecular complexity index is 271. The SMILES string of the molecule is CC(C)CCOCCn1cncc1CN. The van der Waals surface area contributed by atoms with Gasteiger partial charge in [0.15, 0.2) is 0 Å². The Labute approximate surface area is 91.4 Å². The molecule has 0 aliphatic carbocycles. The van der Waals surface area contributed by atoms with Gasteiger partial charge < -0.3 is 15.0 Å². The first-order chi connectivity index (χ1) is 7.24. The van der Waals surface area contributed by atoms with Crippen molar-refractivity contribution in [3.8, 4) is 0 Å². The summed E-state index contributed by atoms with van der Waals surface area (Å²) in [5.74, 6) is 0.706. The molecule has 1 rings (SSSR count). The van der Waals surface area contributed by atoms with Crippen LogP contribution in [0.2, 0.25) is 0 Å². The van der Waals surface area contributed by atoms with E-state index in [9.17, 15) is 0 Å². The monoisotopic (exact) mass is 211 g/mol. The maximum absolute atomic E-state index is 5.56. The maximum atomic E-state index is 5.56. The van der Waals surface area contributed by atoms with E-state index in [4.69, 9.17) is 10.5 Å². The number of hydrogen-bond donors (Lipinski definition) is 1. The number of aromatic nitrogens is 2. The van der Waals surface area contributed by atoms with Gasteiger partial charge in [-0.05, 0) is 12.3 Å². The zero-order valence-corrected chi connectivity index (χ0v) is 9.65. The van der Waals surface area contributed by atoms with Crippen LogP contribution in [0.1, 0.15) is 26.0 Å². The number of rotatable bonds is 7. The van der Waals surface area contributed by atoms with Crippen molar-refractivity contribution in [2.45, 2.75) is 33.4 Å². The predicted octanol–water partition coefficient (Wildman–Crippen LogP) is 1.40. The highest BCUT2D eigenvalue weighted by molar-refractivity contribution is 4.96. The highest BCUT2D eigenvalue weighted by Gasteiger charge is 1.99. The second-order valence-corrected chi connectivity index (χ2v) is 4.08. The van der Waals surface area contributed by atoms with E-state index in [0.717, 1.165) is 31.9 Å². The first kappa shape index (κ1) is 12.2. The van der Waals surface area contributed by atoms with Gasteiger partial charge in [0.05, 0.1) is 18.6 Å². The summed E-state index contributed by atoms with van der Waals surface area (Å²) >= 11 is 0. The molecule has 1 heterocycles. The minimum absolute atomic E-state index is 0.534. The first-order valence-electron chi connectivity index (χ1n) is 5.51. The summed E-state index contributed by atoms with van der Waals surface area (Å²) in [5.41, 5.74) is 6.62. The molecule has 0 aromatic carbocycles. The molecule has 1 aromatic heterocycles. The molecule has 0 saturated heterocycles. The van der Waals surface area contributed by atoms with Crippen LogP contribution in [0.4, 0.5) is 0 Å². The fourth-order valence-corrected chi connectivity index (χ4v) is 1.30. The molecular formula is C11H21N3O. The summed E-state index contributed by atoms with van der Waals surface area (Å²) in [7, 11) is 0. The van der Waals surface area contributed by atoms with E-state index in [1.54, 1.807) is 12.5 Å². The van der Waals surface area contributed by atoms with Crippen LogP contribution < -0.4 is 5.73 Å². The number of hydrogen-bond acceptors (Lipinski definition) is 3. The molecule has 0 fully saturated rings. The van der Waals surface area contributed by atoms with Crippen molar-refractivity contribution in [2.75, 3.05) is 13.2 Å². The van der Waals surface area contributed by atoms with Crippen LogP contribution in [0.3, 0.4) is 0 Å². The summed E-state index contributed by atoms with van der Waals surface area (Å²) in [5, 5.41) is 0. The van der Waals surface area contributed by atoms with Crippen LogP contribution in [-0.4, -0.2) is 22.8 Å². The molecule has 0 bridgehead atoms. The van der Waals surface area contributed by atoms with Crippen LogP contribution in [0.25, 0.3) is 0 Å².